The molecule has 0 unspecified atom stereocenters. The largest absolute Gasteiger partial charge is 0.442 e. The average Bonchev–Trinajstić information content (AvgIpc) is 2.20. The van der Waals surface area contributed by atoms with Gasteiger partial charge < -0.3 is 14.6 Å². The van der Waals surface area contributed by atoms with E-state index in [9.17, 15) is 4.79 Å². The first-order valence-corrected chi connectivity index (χ1v) is 5.65. The fourth-order valence-electron chi connectivity index (χ4n) is 0.881. The fraction of sp³-hybridized carbons (Fsp3) is 0.909. The molecule has 0 heterocycles. The molecule has 6 nitrogen and oxygen atoms in total. The second-order valence-corrected chi connectivity index (χ2v) is 4.50. The molecule has 102 valence electrons. The van der Waals surface area contributed by atoms with Gasteiger partial charge in [-0.15, -0.1) is 0 Å². The molecule has 0 aromatic heterocycles. The van der Waals surface area contributed by atoms with E-state index < -0.39 is 11.7 Å². The molecule has 1 N–H and O–H groups in total. The Morgan fingerprint density at radius 2 is 1.88 bits per heavy atom. The van der Waals surface area contributed by atoms with Crippen molar-refractivity contribution in [2.75, 3.05) is 33.5 Å². The van der Waals surface area contributed by atoms with Gasteiger partial charge in [-0.3, -0.25) is 4.84 Å². The van der Waals surface area contributed by atoms with Crippen LogP contribution in [0.15, 0.2) is 0 Å². The fourth-order valence-corrected chi connectivity index (χ4v) is 0.881. The minimum Gasteiger partial charge on any atom is -0.442 e. The maximum absolute atomic E-state index is 11.4. The van der Waals surface area contributed by atoms with E-state index >= 15 is 0 Å². The minimum atomic E-state index is -0.535. The van der Waals surface area contributed by atoms with Crippen LogP contribution in [-0.4, -0.2) is 55.3 Å². The summed E-state index contributed by atoms with van der Waals surface area (Å²) >= 11 is 0. The maximum atomic E-state index is 11.4. The highest BCUT2D eigenvalue weighted by Crippen LogP contribution is 2.08. The third-order valence-electron chi connectivity index (χ3n) is 1.61. The van der Waals surface area contributed by atoms with Gasteiger partial charge in [0.05, 0.1) is 13.2 Å². The van der Waals surface area contributed by atoms with Gasteiger partial charge in [-0.25, -0.2) is 4.79 Å². The number of aliphatic hydroxyl groups excluding tert-OH is 1. The maximum Gasteiger partial charge on any atom is 0.434 e. The van der Waals surface area contributed by atoms with Crippen LogP contribution in [0.25, 0.3) is 0 Å². The zero-order valence-corrected chi connectivity index (χ0v) is 11.1. The molecule has 0 aliphatic carbocycles. The van der Waals surface area contributed by atoms with Gasteiger partial charge in [-0.2, -0.15) is 5.06 Å². The highest BCUT2D eigenvalue weighted by Gasteiger charge is 2.19. The Morgan fingerprint density at radius 1 is 1.24 bits per heavy atom. The van der Waals surface area contributed by atoms with Gasteiger partial charge in [0.1, 0.15) is 5.60 Å². The molecule has 0 bridgehead atoms. The SMILES string of the molecule is CN(OCCOCCCO)C(=O)OC(C)(C)C. The summed E-state index contributed by atoms with van der Waals surface area (Å²) in [6, 6.07) is 0. The van der Waals surface area contributed by atoms with Crippen molar-refractivity contribution in [2.45, 2.75) is 32.8 Å². The van der Waals surface area contributed by atoms with Gasteiger partial charge in [0.15, 0.2) is 0 Å². The molecule has 0 fully saturated rings. The smallest absolute Gasteiger partial charge is 0.434 e. The van der Waals surface area contributed by atoms with Crippen molar-refractivity contribution < 1.29 is 24.2 Å². The molecule has 0 aromatic carbocycles. The van der Waals surface area contributed by atoms with E-state index in [0.717, 1.165) is 5.06 Å². The summed E-state index contributed by atoms with van der Waals surface area (Å²) in [7, 11) is 1.49. The van der Waals surface area contributed by atoms with E-state index in [1.807, 2.05) is 0 Å². The number of hydroxylamine groups is 2. The molecule has 0 saturated carbocycles. The summed E-state index contributed by atoms with van der Waals surface area (Å²) < 4.78 is 10.2. The lowest BCUT2D eigenvalue weighted by Crippen LogP contribution is -2.35. The summed E-state index contributed by atoms with van der Waals surface area (Å²) in [6.45, 7) is 6.59. The second kappa shape index (κ2) is 8.27. The standard InChI is InChI=1S/C11H23NO5/c1-11(2,3)17-10(14)12(4)16-9-8-15-7-5-6-13/h13H,5-9H2,1-4H3. The molecule has 0 aromatic rings. The predicted molar refractivity (Wildman–Crippen MR) is 62.5 cm³/mol. The van der Waals surface area contributed by atoms with Crippen molar-refractivity contribution in [1.29, 1.82) is 0 Å². The normalized spacial score (nSPS) is 11.4. The quantitative estimate of drug-likeness (QED) is 0.542. The zero-order chi connectivity index (χ0) is 13.3. The molecule has 0 saturated heterocycles. The number of ether oxygens (including phenoxy) is 2. The highest BCUT2D eigenvalue weighted by molar-refractivity contribution is 5.66. The molecule has 0 atom stereocenters. The lowest BCUT2D eigenvalue weighted by atomic mass is 10.2. The number of carbonyl (C=O) groups is 1. The number of hydrogen-bond donors (Lipinski definition) is 1. The Bertz CT molecular complexity index is 214. The number of nitrogens with zero attached hydrogens (tertiary/aromatic N) is 1. The number of rotatable bonds is 7. The van der Waals surface area contributed by atoms with Crippen LogP contribution < -0.4 is 0 Å². The average molecular weight is 249 g/mol. The van der Waals surface area contributed by atoms with Gasteiger partial charge in [-0.1, -0.05) is 0 Å². The summed E-state index contributed by atoms with van der Waals surface area (Å²) in [5.74, 6) is 0. The number of aliphatic hydroxyl groups is 1. The van der Waals surface area contributed by atoms with Crippen LogP contribution in [-0.2, 0) is 14.3 Å². The van der Waals surface area contributed by atoms with E-state index in [0.29, 0.717) is 19.6 Å². The van der Waals surface area contributed by atoms with E-state index in [4.69, 9.17) is 19.4 Å². The molecular weight excluding hydrogens is 226 g/mol. The van der Waals surface area contributed by atoms with Crippen molar-refractivity contribution in [1.82, 2.24) is 5.06 Å². The highest BCUT2D eigenvalue weighted by atomic mass is 16.7. The summed E-state index contributed by atoms with van der Waals surface area (Å²) in [5, 5.41) is 9.55. The minimum absolute atomic E-state index is 0.110. The van der Waals surface area contributed by atoms with Crippen LogP contribution >= 0.6 is 0 Å². The predicted octanol–water partition coefficient (Wildman–Crippen LogP) is 1.18. The number of hydrogen-bond acceptors (Lipinski definition) is 5. The van der Waals surface area contributed by atoms with Gasteiger partial charge >= 0.3 is 6.09 Å². The monoisotopic (exact) mass is 249 g/mol. The van der Waals surface area contributed by atoms with Crippen LogP contribution in [0.5, 0.6) is 0 Å². The zero-order valence-electron chi connectivity index (χ0n) is 11.1. The van der Waals surface area contributed by atoms with Gasteiger partial charge in [0, 0.05) is 20.3 Å². The Kier molecular flexibility index (Phi) is 7.86. The van der Waals surface area contributed by atoms with Crippen molar-refractivity contribution in [2.24, 2.45) is 0 Å². The molecule has 0 spiro atoms. The molecule has 17 heavy (non-hydrogen) atoms. The van der Waals surface area contributed by atoms with Crippen molar-refractivity contribution in [3.05, 3.63) is 0 Å². The molecule has 1 amide bonds. The molecule has 0 rings (SSSR count). The van der Waals surface area contributed by atoms with Crippen molar-refractivity contribution in [3.8, 4) is 0 Å². The van der Waals surface area contributed by atoms with Crippen LogP contribution in [0, 0.1) is 0 Å². The number of carbonyl (C=O) groups excluding carboxylic acids is 1. The first kappa shape index (κ1) is 16.1. The molecular formula is C11H23NO5. The van der Waals surface area contributed by atoms with E-state index in [-0.39, 0.29) is 13.2 Å². The van der Waals surface area contributed by atoms with Crippen LogP contribution in [0.3, 0.4) is 0 Å². The first-order chi connectivity index (χ1) is 7.87. The molecule has 0 radical (unpaired) electrons. The van der Waals surface area contributed by atoms with Gasteiger partial charge in [0.2, 0.25) is 0 Å². The van der Waals surface area contributed by atoms with E-state index in [1.54, 1.807) is 20.8 Å². The Hall–Kier alpha value is -0.850. The Morgan fingerprint density at radius 3 is 2.41 bits per heavy atom. The van der Waals surface area contributed by atoms with Gasteiger partial charge in [0.25, 0.3) is 0 Å². The Balaban J connectivity index is 3.58. The Labute approximate surface area is 102 Å². The summed E-state index contributed by atoms with van der Waals surface area (Å²) in [4.78, 5) is 16.5. The summed E-state index contributed by atoms with van der Waals surface area (Å²) in [6.07, 6.45) is 0.0647. The number of amides is 1. The molecule has 0 aliphatic rings. The topological polar surface area (TPSA) is 68.2 Å². The first-order valence-electron chi connectivity index (χ1n) is 5.65. The molecule has 0 aliphatic heterocycles. The third-order valence-corrected chi connectivity index (χ3v) is 1.61. The van der Waals surface area contributed by atoms with E-state index in [1.165, 1.54) is 7.05 Å². The van der Waals surface area contributed by atoms with Crippen LogP contribution in [0.4, 0.5) is 4.79 Å². The lowest BCUT2D eigenvalue weighted by Gasteiger charge is -2.23. The lowest BCUT2D eigenvalue weighted by molar-refractivity contribution is -0.142. The van der Waals surface area contributed by atoms with Crippen LogP contribution in [0.2, 0.25) is 0 Å². The van der Waals surface area contributed by atoms with Crippen molar-refractivity contribution >= 4 is 6.09 Å². The molecule has 6 heteroatoms. The third kappa shape index (κ3) is 10.0. The van der Waals surface area contributed by atoms with Crippen molar-refractivity contribution in [3.63, 3.8) is 0 Å². The summed E-state index contributed by atoms with van der Waals surface area (Å²) in [5.41, 5.74) is -0.535. The van der Waals surface area contributed by atoms with Crippen LogP contribution in [0.1, 0.15) is 27.2 Å². The second-order valence-electron chi connectivity index (χ2n) is 4.50. The van der Waals surface area contributed by atoms with E-state index in [2.05, 4.69) is 0 Å². The van der Waals surface area contributed by atoms with Gasteiger partial charge in [-0.05, 0) is 27.2 Å².